The van der Waals surface area contributed by atoms with Crippen molar-refractivity contribution in [3.8, 4) is 0 Å². The Morgan fingerprint density at radius 1 is 1.05 bits per heavy atom. The minimum atomic E-state index is 0.607. The number of pyridine rings is 1. The number of hydrogen-bond acceptors (Lipinski definition) is 3. The van der Waals surface area contributed by atoms with Crippen LogP contribution in [0.4, 0.5) is 5.82 Å². The summed E-state index contributed by atoms with van der Waals surface area (Å²) < 4.78 is 0. The summed E-state index contributed by atoms with van der Waals surface area (Å²) in [4.78, 5) is 9.88. The third kappa shape index (κ3) is 3.57. The van der Waals surface area contributed by atoms with E-state index < -0.39 is 0 Å². The van der Waals surface area contributed by atoms with Crippen LogP contribution in [0, 0.1) is 0 Å². The lowest BCUT2D eigenvalue weighted by Gasteiger charge is -2.25. The molecule has 0 N–H and O–H groups in total. The van der Waals surface area contributed by atoms with Crippen molar-refractivity contribution in [2.75, 3.05) is 31.1 Å². The molecule has 2 aliphatic rings. The highest BCUT2D eigenvalue weighted by Crippen LogP contribution is 2.32. The van der Waals surface area contributed by atoms with Gasteiger partial charge in [0, 0.05) is 25.3 Å². The monoisotopic (exact) mass is 287 g/mol. The quantitative estimate of drug-likeness (QED) is 0.834. The predicted molar refractivity (Wildman–Crippen MR) is 88.8 cm³/mol. The summed E-state index contributed by atoms with van der Waals surface area (Å²) in [6, 6.07) is 5.19. The molecule has 1 aromatic heterocycles. The molecule has 1 unspecified atom stereocenters. The third-order valence-electron chi connectivity index (χ3n) is 4.96. The molecule has 2 saturated heterocycles. The molecule has 3 heterocycles. The zero-order valence-electron chi connectivity index (χ0n) is 13.4. The smallest absolute Gasteiger partial charge is 0.128 e. The molecule has 0 spiro atoms. The SMILES string of the molecule is CCCN1CCCC1c1ccc(N2CCCCCC2)nc1. The maximum absolute atomic E-state index is 4.78. The lowest BCUT2D eigenvalue weighted by Crippen LogP contribution is -2.26. The molecule has 3 nitrogen and oxygen atoms in total. The van der Waals surface area contributed by atoms with Crippen molar-refractivity contribution >= 4 is 5.82 Å². The number of aromatic nitrogens is 1. The lowest BCUT2D eigenvalue weighted by molar-refractivity contribution is 0.257. The summed E-state index contributed by atoms with van der Waals surface area (Å²) in [5.74, 6) is 1.18. The van der Waals surface area contributed by atoms with E-state index in [0.29, 0.717) is 6.04 Å². The molecule has 1 aromatic rings. The van der Waals surface area contributed by atoms with Crippen LogP contribution in [0.1, 0.15) is 63.5 Å². The summed E-state index contributed by atoms with van der Waals surface area (Å²) in [5, 5.41) is 0. The summed E-state index contributed by atoms with van der Waals surface area (Å²) in [6.45, 7) is 7.11. The van der Waals surface area contributed by atoms with Gasteiger partial charge >= 0.3 is 0 Å². The zero-order valence-corrected chi connectivity index (χ0v) is 13.4. The molecule has 1 atom stereocenters. The molecule has 0 bridgehead atoms. The van der Waals surface area contributed by atoms with E-state index in [1.165, 1.54) is 82.5 Å². The van der Waals surface area contributed by atoms with Gasteiger partial charge in [0.2, 0.25) is 0 Å². The van der Waals surface area contributed by atoms with E-state index in [9.17, 15) is 0 Å². The fourth-order valence-electron chi connectivity index (χ4n) is 3.84. The molecule has 0 saturated carbocycles. The highest BCUT2D eigenvalue weighted by molar-refractivity contribution is 5.40. The molecule has 0 radical (unpaired) electrons. The minimum absolute atomic E-state index is 0.607. The number of anilines is 1. The van der Waals surface area contributed by atoms with Crippen molar-refractivity contribution in [1.29, 1.82) is 0 Å². The van der Waals surface area contributed by atoms with Gasteiger partial charge in [-0.05, 0) is 56.8 Å². The van der Waals surface area contributed by atoms with Gasteiger partial charge in [-0.3, -0.25) is 4.90 Å². The van der Waals surface area contributed by atoms with Gasteiger partial charge in [0.15, 0.2) is 0 Å². The van der Waals surface area contributed by atoms with Gasteiger partial charge in [-0.25, -0.2) is 4.98 Å². The minimum Gasteiger partial charge on any atom is -0.357 e. The first-order valence-electron chi connectivity index (χ1n) is 8.83. The lowest BCUT2D eigenvalue weighted by atomic mass is 10.1. The molecule has 3 heteroatoms. The zero-order chi connectivity index (χ0) is 14.5. The second kappa shape index (κ2) is 7.26. The highest BCUT2D eigenvalue weighted by Gasteiger charge is 2.25. The van der Waals surface area contributed by atoms with Gasteiger partial charge in [0.25, 0.3) is 0 Å². The van der Waals surface area contributed by atoms with E-state index in [1.54, 1.807) is 0 Å². The Morgan fingerprint density at radius 3 is 2.52 bits per heavy atom. The van der Waals surface area contributed by atoms with Crippen LogP contribution in [0.3, 0.4) is 0 Å². The van der Waals surface area contributed by atoms with Gasteiger partial charge in [-0.2, -0.15) is 0 Å². The van der Waals surface area contributed by atoms with Crippen molar-refractivity contribution in [3.63, 3.8) is 0 Å². The Kier molecular flexibility index (Phi) is 5.13. The van der Waals surface area contributed by atoms with Crippen LogP contribution in [0.5, 0.6) is 0 Å². The second-order valence-electron chi connectivity index (χ2n) is 6.54. The first kappa shape index (κ1) is 14.8. The Labute approximate surface area is 129 Å². The number of hydrogen-bond donors (Lipinski definition) is 0. The Balaban J connectivity index is 1.68. The summed E-state index contributed by atoms with van der Waals surface area (Å²) in [7, 11) is 0. The van der Waals surface area contributed by atoms with Crippen LogP contribution >= 0.6 is 0 Å². The maximum Gasteiger partial charge on any atom is 0.128 e. The fourth-order valence-corrected chi connectivity index (χ4v) is 3.84. The van der Waals surface area contributed by atoms with Crippen molar-refractivity contribution in [3.05, 3.63) is 23.9 Å². The molecule has 21 heavy (non-hydrogen) atoms. The molecule has 2 fully saturated rings. The Morgan fingerprint density at radius 2 is 1.86 bits per heavy atom. The third-order valence-corrected chi connectivity index (χ3v) is 4.96. The average molecular weight is 287 g/mol. The van der Waals surface area contributed by atoms with Crippen molar-refractivity contribution in [2.45, 2.75) is 57.9 Å². The fraction of sp³-hybridized carbons (Fsp3) is 0.722. The average Bonchev–Trinajstić information content (AvgIpc) is 2.81. The van der Waals surface area contributed by atoms with E-state index >= 15 is 0 Å². The van der Waals surface area contributed by atoms with Crippen LogP contribution in [-0.2, 0) is 0 Å². The summed E-state index contributed by atoms with van der Waals surface area (Å²) >= 11 is 0. The maximum atomic E-state index is 4.78. The topological polar surface area (TPSA) is 19.4 Å². The molecule has 2 aliphatic heterocycles. The molecule has 3 rings (SSSR count). The van der Waals surface area contributed by atoms with E-state index in [4.69, 9.17) is 4.98 Å². The molecule has 0 aliphatic carbocycles. The summed E-state index contributed by atoms with van der Waals surface area (Å²) in [6.07, 6.45) is 11.4. The van der Waals surface area contributed by atoms with Crippen molar-refractivity contribution in [1.82, 2.24) is 9.88 Å². The molecule has 0 aromatic carbocycles. The Bertz CT molecular complexity index is 421. The van der Waals surface area contributed by atoms with Crippen molar-refractivity contribution < 1.29 is 0 Å². The van der Waals surface area contributed by atoms with Crippen LogP contribution < -0.4 is 4.90 Å². The molecular formula is C18H29N3. The van der Waals surface area contributed by atoms with Gasteiger partial charge in [0.1, 0.15) is 5.82 Å². The first-order chi connectivity index (χ1) is 10.4. The summed E-state index contributed by atoms with van der Waals surface area (Å²) in [5.41, 5.74) is 1.42. The first-order valence-corrected chi connectivity index (χ1v) is 8.83. The van der Waals surface area contributed by atoms with Gasteiger partial charge in [-0.15, -0.1) is 0 Å². The van der Waals surface area contributed by atoms with Crippen LogP contribution in [0.25, 0.3) is 0 Å². The molecule has 0 amide bonds. The molecule has 116 valence electrons. The second-order valence-corrected chi connectivity index (χ2v) is 6.54. The van der Waals surface area contributed by atoms with E-state index in [0.717, 1.165) is 0 Å². The van der Waals surface area contributed by atoms with Gasteiger partial charge in [-0.1, -0.05) is 25.8 Å². The number of rotatable bonds is 4. The van der Waals surface area contributed by atoms with Crippen LogP contribution in [0.15, 0.2) is 18.3 Å². The van der Waals surface area contributed by atoms with Gasteiger partial charge in [0.05, 0.1) is 0 Å². The Hall–Kier alpha value is -1.09. The predicted octanol–water partition coefficient (Wildman–Crippen LogP) is 4.01. The van der Waals surface area contributed by atoms with Crippen LogP contribution in [-0.4, -0.2) is 36.1 Å². The molecular weight excluding hydrogens is 258 g/mol. The van der Waals surface area contributed by atoms with Crippen molar-refractivity contribution in [2.24, 2.45) is 0 Å². The van der Waals surface area contributed by atoms with E-state index in [-0.39, 0.29) is 0 Å². The number of likely N-dealkylation sites (tertiary alicyclic amines) is 1. The van der Waals surface area contributed by atoms with E-state index in [2.05, 4.69) is 35.1 Å². The standard InChI is InChI=1S/C18H29N3/c1-2-11-20-14-7-8-17(20)16-9-10-18(19-15-16)21-12-5-3-4-6-13-21/h9-10,15,17H,2-8,11-14H2,1H3. The van der Waals surface area contributed by atoms with E-state index in [1.807, 2.05) is 0 Å². The number of nitrogens with zero attached hydrogens (tertiary/aromatic N) is 3. The van der Waals surface area contributed by atoms with Gasteiger partial charge < -0.3 is 4.90 Å². The van der Waals surface area contributed by atoms with Crippen LogP contribution in [0.2, 0.25) is 0 Å². The highest BCUT2D eigenvalue weighted by atomic mass is 15.2. The largest absolute Gasteiger partial charge is 0.357 e. The normalized spacial score (nSPS) is 24.2.